The number of hydrogen-bond acceptors (Lipinski definition) is 4. The summed E-state index contributed by atoms with van der Waals surface area (Å²) in [5, 5.41) is 8.86. The molecule has 2 rings (SSSR count). The van der Waals surface area contributed by atoms with Crippen LogP contribution in [0.2, 0.25) is 0 Å². The van der Waals surface area contributed by atoms with Gasteiger partial charge in [0.1, 0.15) is 11.4 Å². The van der Waals surface area contributed by atoms with Crippen LogP contribution in [0, 0.1) is 5.92 Å². The van der Waals surface area contributed by atoms with Crippen LogP contribution in [0.4, 0.5) is 0 Å². The van der Waals surface area contributed by atoms with Crippen molar-refractivity contribution in [3.8, 4) is 0 Å². The summed E-state index contributed by atoms with van der Waals surface area (Å²) in [6.45, 7) is 4.40. The zero-order chi connectivity index (χ0) is 14.5. The number of ether oxygens (including phenoxy) is 1. The number of hydrogen-bond donors (Lipinski definition) is 1. The van der Waals surface area contributed by atoms with Crippen molar-refractivity contribution in [3.63, 3.8) is 0 Å². The molecule has 2 aliphatic rings. The van der Waals surface area contributed by atoms with Gasteiger partial charge in [0.25, 0.3) is 0 Å². The van der Waals surface area contributed by atoms with Gasteiger partial charge in [0, 0.05) is 11.7 Å². The molecule has 0 saturated carbocycles. The predicted molar refractivity (Wildman–Crippen MR) is 82.7 cm³/mol. The highest BCUT2D eigenvalue weighted by Gasteiger charge is 2.43. The van der Waals surface area contributed by atoms with Crippen LogP contribution in [0.3, 0.4) is 0 Å². The van der Waals surface area contributed by atoms with Crippen LogP contribution in [0.15, 0.2) is 23.3 Å². The molecule has 0 aromatic rings. The van der Waals surface area contributed by atoms with Crippen LogP contribution in [-0.2, 0) is 9.53 Å². The van der Waals surface area contributed by atoms with Gasteiger partial charge >= 0.3 is 5.97 Å². The average Bonchev–Trinajstić information content (AvgIpc) is 2.69. The van der Waals surface area contributed by atoms with Gasteiger partial charge in [-0.2, -0.15) is 0 Å². The molecule has 1 aliphatic carbocycles. The molecule has 0 unspecified atom stereocenters. The van der Waals surface area contributed by atoms with E-state index < -0.39 is 0 Å². The van der Waals surface area contributed by atoms with Crippen molar-refractivity contribution >= 4 is 17.7 Å². The summed E-state index contributed by atoms with van der Waals surface area (Å²) in [5.74, 6) is 0.722. The molecule has 0 radical (unpaired) electrons. The minimum absolute atomic E-state index is 0.0791. The standard InChI is InChI=1S/C16H24O3S/c1-11-4-3-5-12(2)10-14-13(7-6-11)15(16(18)19-14)20-9-8-17/h4,10,13-15,17H,3,5-9H2,1-2H3/b11-4+,12-10+/t13-,14-,15+/m1/s1. The summed E-state index contributed by atoms with van der Waals surface area (Å²) in [5.41, 5.74) is 2.70. The van der Waals surface area contributed by atoms with E-state index in [1.54, 1.807) is 0 Å². The molecule has 20 heavy (non-hydrogen) atoms. The molecule has 1 heterocycles. The third kappa shape index (κ3) is 3.89. The van der Waals surface area contributed by atoms with Gasteiger partial charge in [-0.3, -0.25) is 4.79 Å². The lowest BCUT2D eigenvalue weighted by atomic mass is 9.90. The zero-order valence-electron chi connectivity index (χ0n) is 12.3. The van der Waals surface area contributed by atoms with Crippen LogP contribution < -0.4 is 0 Å². The van der Waals surface area contributed by atoms with Crippen LogP contribution in [-0.4, -0.2) is 34.8 Å². The Morgan fingerprint density at radius 3 is 2.90 bits per heavy atom. The molecular weight excluding hydrogens is 272 g/mol. The molecule has 1 fully saturated rings. The topological polar surface area (TPSA) is 46.5 Å². The molecule has 3 atom stereocenters. The van der Waals surface area contributed by atoms with Gasteiger partial charge in [0.15, 0.2) is 0 Å². The Kier molecular flexibility index (Phi) is 5.73. The van der Waals surface area contributed by atoms with Crippen molar-refractivity contribution in [2.45, 2.75) is 50.9 Å². The lowest BCUT2D eigenvalue weighted by Gasteiger charge is -2.20. The van der Waals surface area contributed by atoms with Gasteiger partial charge in [0.2, 0.25) is 0 Å². The number of esters is 1. The van der Waals surface area contributed by atoms with Gasteiger partial charge in [-0.15, -0.1) is 11.8 Å². The quantitative estimate of drug-likeness (QED) is 0.642. The largest absolute Gasteiger partial charge is 0.457 e. The Bertz CT molecular complexity index is 414. The van der Waals surface area contributed by atoms with Crippen molar-refractivity contribution in [1.82, 2.24) is 0 Å². The minimum atomic E-state index is -0.122. The van der Waals surface area contributed by atoms with Gasteiger partial charge in [-0.1, -0.05) is 17.2 Å². The molecule has 0 spiro atoms. The maximum atomic E-state index is 12.1. The third-order valence-corrected chi connectivity index (χ3v) is 5.36. The van der Waals surface area contributed by atoms with Gasteiger partial charge in [-0.25, -0.2) is 0 Å². The SMILES string of the molecule is C/C1=C\[C@H]2OC(=O)[C@@H](SCCO)[C@@H]2CC/C(C)=C/CC1. The Morgan fingerprint density at radius 1 is 1.35 bits per heavy atom. The molecule has 0 aromatic heterocycles. The summed E-state index contributed by atoms with van der Waals surface area (Å²) in [6.07, 6.45) is 8.48. The second-order valence-electron chi connectivity index (χ2n) is 5.72. The summed E-state index contributed by atoms with van der Waals surface area (Å²) in [4.78, 5) is 12.1. The first-order valence-electron chi connectivity index (χ1n) is 7.37. The highest BCUT2D eigenvalue weighted by atomic mass is 32.2. The van der Waals surface area contributed by atoms with Gasteiger partial charge < -0.3 is 9.84 Å². The number of thioether (sulfide) groups is 1. The summed E-state index contributed by atoms with van der Waals surface area (Å²) >= 11 is 1.54. The fourth-order valence-electron chi connectivity index (χ4n) is 2.89. The zero-order valence-corrected chi connectivity index (χ0v) is 13.1. The van der Waals surface area contributed by atoms with E-state index in [-0.39, 0.29) is 29.8 Å². The first kappa shape index (κ1) is 15.6. The van der Waals surface area contributed by atoms with Crippen molar-refractivity contribution in [1.29, 1.82) is 0 Å². The number of aliphatic hydroxyl groups excluding tert-OH is 1. The Balaban J connectivity index is 2.16. The first-order valence-corrected chi connectivity index (χ1v) is 8.42. The van der Waals surface area contributed by atoms with Crippen LogP contribution in [0.1, 0.15) is 39.5 Å². The molecule has 3 nitrogen and oxygen atoms in total. The van der Waals surface area contributed by atoms with E-state index >= 15 is 0 Å². The molecule has 0 aromatic carbocycles. The molecule has 1 aliphatic heterocycles. The number of carbonyl (C=O) groups excluding carboxylic acids is 1. The van der Waals surface area contributed by atoms with E-state index in [9.17, 15) is 4.79 Å². The molecule has 112 valence electrons. The highest BCUT2D eigenvalue weighted by Crippen LogP contribution is 2.37. The van der Waals surface area contributed by atoms with E-state index in [2.05, 4.69) is 26.0 Å². The second kappa shape index (κ2) is 7.32. The Morgan fingerprint density at radius 2 is 2.15 bits per heavy atom. The Labute approximate surface area is 125 Å². The van der Waals surface area contributed by atoms with Gasteiger partial charge in [0.05, 0.1) is 6.61 Å². The molecule has 1 saturated heterocycles. The van der Waals surface area contributed by atoms with E-state index in [4.69, 9.17) is 9.84 Å². The van der Waals surface area contributed by atoms with Crippen molar-refractivity contribution in [3.05, 3.63) is 23.3 Å². The third-order valence-electron chi connectivity index (χ3n) is 4.04. The fraction of sp³-hybridized carbons (Fsp3) is 0.688. The smallest absolute Gasteiger partial charge is 0.320 e. The van der Waals surface area contributed by atoms with Crippen LogP contribution >= 0.6 is 11.8 Å². The molecule has 4 heteroatoms. The molecule has 1 N–H and O–H groups in total. The van der Waals surface area contributed by atoms with Gasteiger partial charge in [-0.05, 0) is 45.6 Å². The number of allylic oxidation sites excluding steroid dienone is 3. The summed E-state index contributed by atoms with van der Waals surface area (Å²) in [6, 6.07) is 0. The maximum absolute atomic E-state index is 12.1. The minimum Gasteiger partial charge on any atom is -0.457 e. The maximum Gasteiger partial charge on any atom is 0.320 e. The van der Waals surface area contributed by atoms with E-state index in [1.165, 1.54) is 22.9 Å². The molecule has 0 amide bonds. The van der Waals surface area contributed by atoms with E-state index in [0.717, 1.165) is 25.7 Å². The van der Waals surface area contributed by atoms with E-state index in [1.807, 2.05) is 0 Å². The monoisotopic (exact) mass is 296 g/mol. The number of fused-ring (bicyclic) bond motifs is 1. The van der Waals surface area contributed by atoms with Crippen LogP contribution in [0.5, 0.6) is 0 Å². The van der Waals surface area contributed by atoms with Crippen molar-refractivity contribution < 1.29 is 14.6 Å². The summed E-state index contributed by atoms with van der Waals surface area (Å²) < 4.78 is 5.58. The summed E-state index contributed by atoms with van der Waals surface area (Å²) in [7, 11) is 0. The van der Waals surface area contributed by atoms with Crippen LogP contribution in [0.25, 0.3) is 0 Å². The number of aliphatic hydroxyl groups is 1. The fourth-order valence-corrected chi connectivity index (χ4v) is 3.98. The van der Waals surface area contributed by atoms with Crippen molar-refractivity contribution in [2.24, 2.45) is 5.92 Å². The molecule has 0 bridgehead atoms. The predicted octanol–water partition coefficient (Wildman–Crippen LogP) is 3.09. The normalized spacial score (nSPS) is 36.4. The second-order valence-corrected chi connectivity index (χ2v) is 6.97. The number of carbonyl (C=O) groups is 1. The molecular formula is C16H24O3S. The lowest BCUT2D eigenvalue weighted by Crippen LogP contribution is -2.23. The lowest BCUT2D eigenvalue weighted by molar-refractivity contribution is -0.139. The number of rotatable bonds is 3. The Hall–Kier alpha value is -0.740. The highest BCUT2D eigenvalue weighted by molar-refractivity contribution is 8.00. The van der Waals surface area contributed by atoms with E-state index in [0.29, 0.717) is 5.75 Å². The van der Waals surface area contributed by atoms with Crippen molar-refractivity contribution in [2.75, 3.05) is 12.4 Å². The average molecular weight is 296 g/mol. The first-order chi connectivity index (χ1) is 9.61.